The van der Waals surface area contributed by atoms with E-state index in [1.807, 2.05) is 0 Å². The van der Waals surface area contributed by atoms with Gasteiger partial charge < -0.3 is 15.3 Å². The number of anilines is 1. The Morgan fingerprint density at radius 1 is 1.35 bits per heavy atom. The molecular formula is C19H23F2N3O2. The quantitative estimate of drug-likeness (QED) is 0.877. The number of benzene rings is 1. The SMILES string of the molecule is CC(O)C(=O)N[C@@H]1C[C@H](C)CN(c2ccc(C(F)F)c3ncccc23)C1. The minimum absolute atomic E-state index is 0.0756. The molecule has 1 aromatic carbocycles. The molecule has 7 heteroatoms. The molecule has 5 nitrogen and oxygen atoms in total. The van der Waals surface area contributed by atoms with Crippen molar-refractivity contribution in [2.45, 2.75) is 38.8 Å². The number of hydrogen-bond donors (Lipinski definition) is 2. The summed E-state index contributed by atoms with van der Waals surface area (Å²) in [4.78, 5) is 18.1. The van der Waals surface area contributed by atoms with Gasteiger partial charge in [-0.25, -0.2) is 8.78 Å². The van der Waals surface area contributed by atoms with Gasteiger partial charge in [0.2, 0.25) is 5.91 Å². The standard InChI is InChI=1S/C19H23F2N3O2/c1-11-8-13(23-19(26)12(2)25)10-24(9-11)16-6-5-15(18(20)21)17-14(16)4-3-7-22-17/h3-7,11-13,18,25H,8-10H2,1-2H3,(H,23,26)/t11-,12?,13+/m0/s1. The highest BCUT2D eigenvalue weighted by Gasteiger charge is 2.28. The van der Waals surface area contributed by atoms with E-state index in [1.165, 1.54) is 19.2 Å². The molecule has 26 heavy (non-hydrogen) atoms. The van der Waals surface area contributed by atoms with Crippen LogP contribution < -0.4 is 10.2 Å². The minimum Gasteiger partial charge on any atom is -0.384 e. The van der Waals surface area contributed by atoms with Gasteiger partial charge in [0.05, 0.1) is 5.52 Å². The number of piperidine rings is 1. The van der Waals surface area contributed by atoms with Gasteiger partial charge in [0, 0.05) is 42.0 Å². The number of halogens is 2. The monoisotopic (exact) mass is 363 g/mol. The van der Waals surface area contributed by atoms with Crippen LogP contribution in [0.3, 0.4) is 0 Å². The van der Waals surface area contributed by atoms with Gasteiger partial charge in [0.25, 0.3) is 6.43 Å². The summed E-state index contributed by atoms with van der Waals surface area (Å²) >= 11 is 0. The van der Waals surface area contributed by atoms with Gasteiger partial charge in [-0.3, -0.25) is 9.78 Å². The second kappa shape index (κ2) is 7.53. The van der Waals surface area contributed by atoms with Crippen LogP contribution in [0, 0.1) is 5.92 Å². The van der Waals surface area contributed by atoms with Crippen molar-refractivity contribution in [3.05, 3.63) is 36.0 Å². The van der Waals surface area contributed by atoms with Crippen molar-refractivity contribution >= 4 is 22.5 Å². The first-order chi connectivity index (χ1) is 12.4. The number of aliphatic hydroxyl groups excluding tert-OH is 1. The molecule has 1 aromatic heterocycles. The van der Waals surface area contributed by atoms with Crippen LogP contribution in [0.5, 0.6) is 0 Å². The summed E-state index contributed by atoms with van der Waals surface area (Å²) in [5, 5.41) is 13.0. The smallest absolute Gasteiger partial charge is 0.265 e. The Morgan fingerprint density at radius 2 is 2.12 bits per heavy atom. The number of rotatable bonds is 4. The molecule has 0 bridgehead atoms. The summed E-state index contributed by atoms with van der Waals surface area (Å²) in [7, 11) is 0. The lowest BCUT2D eigenvalue weighted by molar-refractivity contribution is -0.129. The maximum atomic E-state index is 13.3. The molecule has 0 spiro atoms. The Hall–Kier alpha value is -2.28. The van der Waals surface area contributed by atoms with Crippen molar-refractivity contribution in [2.75, 3.05) is 18.0 Å². The fourth-order valence-corrected chi connectivity index (χ4v) is 3.61. The molecule has 2 aromatic rings. The zero-order valence-corrected chi connectivity index (χ0v) is 14.8. The highest BCUT2D eigenvalue weighted by atomic mass is 19.3. The first-order valence-electron chi connectivity index (χ1n) is 8.76. The minimum atomic E-state index is -2.58. The van der Waals surface area contributed by atoms with Crippen LogP contribution in [0.2, 0.25) is 0 Å². The molecule has 1 fully saturated rings. The number of aromatic nitrogens is 1. The summed E-state index contributed by atoms with van der Waals surface area (Å²) in [6, 6.07) is 6.56. The second-order valence-corrected chi connectivity index (χ2v) is 7.00. The number of fused-ring (bicyclic) bond motifs is 1. The maximum absolute atomic E-state index is 13.3. The lowest BCUT2D eigenvalue weighted by Crippen LogP contribution is -2.52. The lowest BCUT2D eigenvalue weighted by Gasteiger charge is -2.39. The van der Waals surface area contributed by atoms with Gasteiger partial charge in [-0.1, -0.05) is 6.92 Å². The van der Waals surface area contributed by atoms with Crippen LogP contribution in [0.4, 0.5) is 14.5 Å². The predicted molar refractivity (Wildman–Crippen MR) is 96.3 cm³/mol. The van der Waals surface area contributed by atoms with Gasteiger partial charge in [0.15, 0.2) is 0 Å². The number of aliphatic hydroxyl groups is 1. The van der Waals surface area contributed by atoms with Crippen LogP contribution >= 0.6 is 0 Å². The van der Waals surface area contributed by atoms with Crippen LogP contribution in [0.1, 0.15) is 32.3 Å². The zero-order chi connectivity index (χ0) is 18.8. The van der Waals surface area contributed by atoms with E-state index in [2.05, 4.69) is 22.1 Å². The van der Waals surface area contributed by atoms with E-state index in [1.54, 1.807) is 18.2 Å². The first-order valence-corrected chi connectivity index (χ1v) is 8.76. The number of carbonyl (C=O) groups is 1. The fourth-order valence-electron chi connectivity index (χ4n) is 3.61. The van der Waals surface area contributed by atoms with E-state index in [0.717, 1.165) is 18.7 Å². The van der Waals surface area contributed by atoms with Crippen molar-refractivity contribution in [3.63, 3.8) is 0 Å². The first kappa shape index (κ1) is 18.5. The number of carbonyl (C=O) groups excluding carboxylic acids is 1. The Labute approximate surface area is 151 Å². The van der Waals surface area contributed by atoms with Crippen molar-refractivity contribution in [1.29, 1.82) is 0 Å². The molecule has 0 saturated carbocycles. The highest BCUT2D eigenvalue weighted by Crippen LogP contribution is 2.34. The Bertz CT molecular complexity index is 797. The third kappa shape index (κ3) is 3.77. The molecule has 1 saturated heterocycles. The van der Waals surface area contributed by atoms with E-state index in [-0.39, 0.29) is 11.6 Å². The highest BCUT2D eigenvalue weighted by molar-refractivity contribution is 5.94. The largest absolute Gasteiger partial charge is 0.384 e. The molecule has 0 radical (unpaired) electrons. The van der Waals surface area contributed by atoms with Gasteiger partial charge in [0.1, 0.15) is 6.10 Å². The Kier molecular flexibility index (Phi) is 5.36. The van der Waals surface area contributed by atoms with Crippen molar-refractivity contribution < 1.29 is 18.7 Å². The number of alkyl halides is 2. The zero-order valence-electron chi connectivity index (χ0n) is 14.8. The summed E-state index contributed by atoms with van der Waals surface area (Å²) in [6.45, 7) is 4.84. The third-order valence-corrected chi connectivity index (χ3v) is 4.74. The third-order valence-electron chi connectivity index (χ3n) is 4.74. The van der Waals surface area contributed by atoms with E-state index >= 15 is 0 Å². The van der Waals surface area contributed by atoms with Gasteiger partial charge >= 0.3 is 0 Å². The molecule has 140 valence electrons. The molecule has 1 unspecified atom stereocenters. The molecule has 2 N–H and O–H groups in total. The molecule has 2 heterocycles. The molecule has 1 amide bonds. The van der Waals surface area contributed by atoms with Crippen molar-refractivity contribution in [1.82, 2.24) is 10.3 Å². The number of amides is 1. The van der Waals surface area contributed by atoms with Crippen LogP contribution in [0.25, 0.3) is 10.9 Å². The Balaban J connectivity index is 1.93. The number of nitrogens with one attached hydrogen (secondary N) is 1. The lowest BCUT2D eigenvalue weighted by atomic mass is 9.94. The normalized spacial score (nSPS) is 21.8. The average Bonchev–Trinajstić information content (AvgIpc) is 2.59. The number of hydrogen-bond acceptors (Lipinski definition) is 4. The van der Waals surface area contributed by atoms with Gasteiger partial charge in [-0.05, 0) is 43.5 Å². The van der Waals surface area contributed by atoms with Crippen molar-refractivity contribution in [3.8, 4) is 0 Å². The summed E-state index contributed by atoms with van der Waals surface area (Å²) in [5.74, 6) is -0.0897. The van der Waals surface area contributed by atoms with Crippen LogP contribution in [-0.2, 0) is 4.79 Å². The topological polar surface area (TPSA) is 65.5 Å². The van der Waals surface area contributed by atoms with Gasteiger partial charge in [-0.15, -0.1) is 0 Å². The summed E-state index contributed by atoms with van der Waals surface area (Å²) in [6.07, 6.45) is -1.32. The van der Waals surface area contributed by atoms with E-state index in [0.29, 0.717) is 23.4 Å². The molecular weight excluding hydrogens is 340 g/mol. The van der Waals surface area contributed by atoms with E-state index in [4.69, 9.17) is 0 Å². The van der Waals surface area contributed by atoms with E-state index < -0.39 is 18.4 Å². The molecule has 0 aliphatic carbocycles. The maximum Gasteiger partial charge on any atom is 0.265 e. The predicted octanol–water partition coefficient (Wildman–Crippen LogP) is 2.88. The molecule has 1 aliphatic heterocycles. The molecule has 1 aliphatic rings. The average molecular weight is 363 g/mol. The molecule has 3 atom stereocenters. The van der Waals surface area contributed by atoms with Gasteiger partial charge in [-0.2, -0.15) is 0 Å². The van der Waals surface area contributed by atoms with Crippen molar-refractivity contribution in [2.24, 2.45) is 5.92 Å². The van der Waals surface area contributed by atoms with Crippen LogP contribution in [-0.4, -0.2) is 41.2 Å². The van der Waals surface area contributed by atoms with Crippen LogP contribution in [0.15, 0.2) is 30.5 Å². The summed E-state index contributed by atoms with van der Waals surface area (Å²) < 4.78 is 26.6. The Morgan fingerprint density at radius 3 is 2.81 bits per heavy atom. The second-order valence-electron chi connectivity index (χ2n) is 7.00. The number of pyridine rings is 1. The van der Waals surface area contributed by atoms with E-state index in [9.17, 15) is 18.7 Å². The fraction of sp³-hybridized carbons (Fsp3) is 0.474. The molecule has 3 rings (SSSR count). The number of nitrogens with zero attached hydrogens (tertiary/aromatic N) is 2. The summed E-state index contributed by atoms with van der Waals surface area (Å²) in [5.41, 5.74) is 1.07.